The Balaban J connectivity index is 1.53. The first kappa shape index (κ1) is 25.4. The summed E-state index contributed by atoms with van der Waals surface area (Å²) in [6.07, 6.45) is 5.86. The van der Waals surface area contributed by atoms with Gasteiger partial charge >= 0.3 is 0 Å². The Bertz CT molecular complexity index is 1440. The first-order valence-electron chi connectivity index (χ1n) is 12.0. The number of halogens is 5. The van der Waals surface area contributed by atoms with Gasteiger partial charge in [0.1, 0.15) is 17.5 Å². The number of unbranched alkanes of at least 4 members (excludes halogenated alkanes) is 4. The topological polar surface area (TPSA) is 0 Å². The smallest absolute Gasteiger partial charge is 0.166 e. The van der Waals surface area contributed by atoms with E-state index in [0.29, 0.717) is 22.9 Å². The summed E-state index contributed by atoms with van der Waals surface area (Å²) in [6.45, 7) is 2.13. The van der Waals surface area contributed by atoms with E-state index in [1.54, 1.807) is 6.07 Å². The van der Waals surface area contributed by atoms with Crippen LogP contribution in [0.25, 0.3) is 21.9 Å². The van der Waals surface area contributed by atoms with Crippen LogP contribution in [0.1, 0.15) is 55.7 Å². The van der Waals surface area contributed by atoms with E-state index < -0.39 is 29.1 Å². The van der Waals surface area contributed by atoms with Gasteiger partial charge in [-0.25, -0.2) is 22.0 Å². The van der Waals surface area contributed by atoms with E-state index in [9.17, 15) is 22.0 Å². The number of fused-ring (bicyclic) bond motifs is 1. The van der Waals surface area contributed by atoms with Crippen molar-refractivity contribution < 1.29 is 22.0 Å². The quantitative estimate of drug-likeness (QED) is 0.137. The highest BCUT2D eigenvalue weighted by atomic mass is 19.2. The van der Waals surface area contributed by atoms with Crippen molar-refractivity contribution in [1.29, 1.82) is 0 Å². The zero-order chi connectivity index (χ0) is 25.7. The molecule has 0 heterocycles. The molecule has 4 rings (SSSR count). The summed E-state index contributed by atoms with van der Waals surface area (Å²) < 4.78 is 71.6. The van der Waals surface area contributed by atoms with Crippen molar-refractivity contribution in [2.45, 2.75) is 45.4 Å². The van der Waals surface area contributed by atoms with Gasteiger partial charge in [0.25, 0.3) is 0 Å². The van der Waals surface area contributed by atoms with Crippen molar-refractivity contribution in [1.82, 2.24) is 0 Å². The lowest BCUT2D eigenvalue weighted by molar-refractivity contribution is 0.517. The Hall–Kier alpha value is -3.65. The molecular weight excluding hydrogens is 467 g/mol. The van der Waals surface area contributed by atoms with Gasteiger partial charge in [0.15, 0.2) is 11.6 Å². The highest BCUT2D eigenvalue weighted by molar-refractivity contribution is 5.84. The number of hydrogen-bond acceptors (Lipinski definition) is 0. The van der Waals surface area contributed by atoms with Gasteiger partial charge < -0.3 is 0 Å². The molecule has 0 fully saturated rings. The van der Waals surface area contributed by atoms with Gasteiger partial charge in [-0.3, -0.25) is 0 Å². The second kappa shape index (κ2) is 11.4. The zero-order valence-electron chi connectivity index (χ0n) is 19.9. The molecule has 0 saturated heterocycles. The fourth-order valence-electron chi connectivity index (χ4n) is 4.23. The van der Waals surface area contributed by atoms with Crippen LogP contribution in [0.15, 0.2) is 60.7 Å². The molecule has 0 atom stereocenters. The van der Waals surface area contributed by atoms with Crippen molar-refractivity contribution >= 4 is 10.8 Å². The molecule has 184 valence electrons. The van der Waals surface area contributed by atoms with Crippen molar-refractivity contribution in [2.24, 2.45) is 0 Å². The first-order valence-corrected chi connectivity index (χ1v) is 12.0. The molecule has 0 spiro atoms. The van der Waals surface area contributed by atoms with Gasteiger partial charge in [-0.2, -0.15) is 0 Å². The highest BCUT2D eigenvalue weighted by Gasteiger charge is 2.15. The fraction of sp³-hybridized carbons (Fsp3) is 0.226. The summed E-state index contributed by atoms with van der Waals surface area (Å²) in [5.41, 5.74) is 0.942. The van der Waals surface area contributed by atoms with Crippen molar-refractivity contribution in [3.63, 3.8) is 0 Å². The summed E-state index contributed by atoms with van der Waals surface area (Å²) in [6, 6.07) is 13.5. The molecule has 0 radical (unpaired) electrons. The van der Waals surface area contributed by atoms with E-state index in [2.05, 4.69) is 18.8 Å². The maximum absolute atomic E-state index is 14.8. The molecule has 0 aromatic heterocycles. The second-order valence-electron chi connectivity index (χ2n) is 8.84. The number of rotatable bonds is 7. The van der Waals surface area contributed by atoms with E-state index in [0.717, 1.165) is 44.2 Å². The third-order valence-corrected chi connectivity index (χ3v) is 6.18. The summed E-state index contributed by atoms with van der Waals surface area (Å²) in [5, 5.41) is 0.592. The van der Waals surface area contributed by atoms with Crippen LogP contribution in [-0.4, -0.2) is 0 Å². The van der Waals surface area contributed by atoms with E-state index in [4.69, 9.17) is 0 Å². The molecule has 4 aromatic rings. The lowest BCUT2D eigenvalue weighted by Crippen LogP contribution is -1.96. The molecule has 0 aliphatic heterocycles. The lowest BCUT2D eigenvalue weighted by atomic mass is 9.98. The monoisotopic (exact) mass is 492 g/mol. The van der Waals surface area contributed by atoms with E-state index >= 15 is 0 Å². The second-order valence-corrected chi connectivity index (χ2v) is 8.84. The molecule has 0 aliphatic carbocycles. The van der Waals surface area contributed by atoms with Gasteiger partial charge in [-0.05, 0) is 71.8 Å². The van der Waals surface area contributed by atoms with Crippen molar-refractivity contribution in [3.8, 4) is 23.0 Å². The highest BCUT2D eigenvalue weighted by Crippen LogP contribution is 2.29. The minimum Gasteiger partial charge on any atom is -0.206 e. The van der Waals surface area contributed by atoms with Crippen LogP contribution in [0.5, 0.6) is 0 Å². The van der Waals surface area contributed by atoms with Crippen molar-refractivity contribution in [2.75, 3.05) is 0 Å². The van der Waals surface area contributed by atoms with Crippen LogP contribution in [0, 0.1) is 40.9 Å². The number of benzene rings is 4. The van der Waals surface area contributed by atoms with Gasteiger partial charge in [-0.15, -0.1) is 0 Å². The first-order chi connectivity index (χ1) is 17.4. The molecule has 0 unspecified atom stereocenters. The largest absolute Gasteiger partial charge is 0.206 e. The molecule has 4 aromatic carbocycles. The predicted molar refractivity (Wildman–Crippen MR) is 134 cm³/mol. The Morgan fingerprint density at radius 2 is 1.39 bits per heavy atom. The molecule has 0 amide bonds. The Kier molecular flexibility index (Phi) is 8.05. The molecule has 0 N–H and O–H groups in total. The molecule has 0 aliphatic rings. The van der Waals surface area contributed by atoms with Gasteiger partial charge in [0.05, 0.1) is 11.1 Å². The van der Waals surface area contributed by atoms with Crippen LogP contribution in [0.4, 0.5) is 22.0 Å². The predicted octanol–water partition coefficient (Wildman–Crippen LogP) is 9.11. The maximum atomic E-state index is 14.8. The van der Waals surface area contributed by atoms with Gasteiger partial charge in [0, 0.05) is 10.9 Å². The molecular formula is C31H25F5. The van der Waals surface area contributed by atoms with Crippen LogP contribution in [0.3, 0.4) is 0 Å². The average molecular weight is 493 g/mol. The minimum atomic E-state index is -0.937. The summed E-state index contributed by atoms with van der Waals surface area (Å²) in [7, 11) is 0. The maximum Gasteiger partial charge on any atom is 0.166 e. The van der Waals surface area contributed by atoms with E-state index in [1.165, 1.54) is 42.5 Å². The summed E-state index contributed by atoms with van der Waals surface area (Å²) >= 11 is 0. The Morgan fingerprint density at radius 3 is 2.11 bits per heavy atom. The average Bonchev–Trinajstić information content (AvgIpc) is 2.85. The zero-order valence-corrected chi connectivity index (χ0v) is 19.9. The lowest BCUT2D eigenvalue weighted by Gasteiger charge is -2.09. The standard InChI is InChI=1S/C31H25F5/c1-2-3-4-5-6-7-21-17-28(34)30(29(35)18-21)24-12-11-22(27(33)19-24)10-8-20-9-14-25-23(16-20)13-15-26(32)31(25)36/h9,11-19H,2-7H2,1H3. The number of hydrogen-bond donors (Lipinski definition) is 0. The van der Waals surface area contributed by atoms with Crippen LogP contribution >= 0.6 is 0 Å². The summed E-state index contributed by atoms with van der Waals surface area (Å²) in [5.74, 6) is 1.45. The fourth-order valence-corrected chi connectivity index (χ4v) is 4.23. The normalized spacial score (nSPS) is 10.9. The third kappa shape index (κ3) is 5.76. The third-order valence-electron chi connectivity index (χ3n) is 6.18. The number of aryl methyl sites for hydroxylation is 1. The molecule has 0 nitrogen and oxygen atoms in total. The van der Waals surface area contributed by atoms with Gasteiger partial charge in [-0.1, -0.05) is 62.6 Å². The molecule has 0 saturated carbocycles. The Morgan fingerprint density at radius 1 is 0.639 bits per heavy atom. The van der Waals surface area contributed by atoms with Crippen LogP contribution < -0.4 is 0 Å². The molecule has 36 heavy (non-hydrogen) atoms. The molecule has 5 heteroatoms. The molecule has 0 bridgehead atoms. The SMILES string of the molecule is CCCCCCCc1cc(F)c(-c2ccc(C#Cc3ccc4c(F)c(F)ccc4c3)c(F)c2)c(F)c1. The van der Waals surface area contributed by atoms with Crippen LogP contribution in [-0.2, 0) is 6.42 Å². The van der Waals surface area contributed by atoms with Crippen molar-refractivity contribution in [3.05, 3.63) is 106 Å². The minimum absolute atomic E-state index is 0.0497. The summed E-state index contributed by atoms with van der Waals surface area (Å²) in [4.78, 5) is 0. The Labute approximate surface area is 207 Å². The van der Waals surface area contributed by atoms with E-state index in [1.807, 2.05) is 0 Å². The van der Waals surface area contributed by atoms with Crippen LogP contribution in [0.2, 0.25) is 0 Å². The van der Waals surface area contributed by atoms with E-state index in [-0.39, 0.29) is 22.1 Å². The van der Waals surface area contributed by atoms with Gasteiger partial charge in [0.2, 0.25) is 0 Å².